The molecule has 0 bridgehead atoms. The van der Waals surface area contributed by atoms with E-state index in [1.54, 1.807) is 6.92 Å². The maximum atomic E-state index is 11.8. The van der Waals surface area contributed by atoms with Gasteiger partial charge in [0.1, 0.15) is 6.04 Å². The Morgan fingerprint density at radius 3 is 2.46 bits per heavy atom. The molecule has 1 fully saturated rings. The highest BCUT2D eigenvalue weighted by Gasteiger charge is 2.18. The molecular formula is C17H27N5O2. The molecule has 1 saturated heterocycles. The fourth-order valence-corrected chi connectivity index (χ4v) is 2.86. The number of anilines is 2. The number of carbonyl (C=O) groups excluding carboxylic acids is 2. The number of primary amides is 1. The van der Waals surface area contributed by atoms with E-state index in [2.05, 4.69) is 39.5 Å². The van der Waals surface area contributed by atoms with Gasteiger partial charge >= 0.3 is 6.03 Å². The lowest BCUT2D eigenvalue weighted by molar-refractivity contribution is -0.120. The van der Waals surface area contributed by atoms with Gasteiger partial charge in [-0.3, -0.25) is 10.1 Å². The number of amides is 3. The third kappa shape index (κ3) is 4.61. The molecule has 7 heteroatoms. The van der Waals surface area contributed by atoms with E-state index in [1.165, 1.54) is 5.69 Å². The van der Waals surface area contributed by atoms with Gasteiger partial charge in [-0.15, -0.1) is 0 Å². The molecule has 7 nitrogen and oxygen atoms in total. The normalized spacial score (nSPS) is 16.5. The molecule has 0 spiro atoms. The third-order valence-corrected chi connectivity index (χ3v) is 4.41. The third-order valence-electron chi connectivity index (χ3n) is 4.41. The van der Waals surface area contributed by atoms with E-state index in [4.69, 9.17) is 5.73 Å². The number of benzene rings is 1. The number of rotatable bonds is 5. The van der Waals surface area contributed by atoms with E-state index in [0.29, 0.717) is 0 Å². The van der Waals surface area contributed by atoms with Crippen LogP contribution in [0.4, 0.5) is 16.2 Å². The number of nitrogens with one attached hydrogen (secondary N) is 2. The van der Waals surface area contributed by atoms with Crippen LogP contribution in [0.15, 0.2) is 18.2 Å². The van der Waals surface area contributed by atoms with Crippen LogP contribution in [-0.4, -0.2) is 55.6 Å². The van der Waals surface area contributed by atoms with Crippen molar-refractivity contribution in [1.29, 1.82) is 0 Å². The molecule has 1 heterocycles. The molecule has 0 saturated carbocycles. The summed E-state index contributed by atoms with van der Waals surface area (Å²) in [5.74, 6) is -0.443. The first kappa shape index (κ1) is 18.1. The molecule has 0 unspecified atom stereocenters. The number of carbonyl (C=O) groups is 2. The molecule has 0 aromatic heterocycles. The van der Waals surface area contributed by atoms with Crippen LogP contribution in [0.3, 0.4) is 0 Å². The van der Waals surface area contributed by atoms with Crippen molar-refractivity contribution in [2.75, 3.05) is 42.9 Å². The molecule has 1 atom stereocenters. The smallest absolute Gasteiger partial charge is 0.318 e. The first-order chi connectivity index (χ1) is 11.4. The summed E-state index contributed by atoms with van der Waals surface area (Å²) in [7, 11) is 0. The van der Waals surface area contributed by atoms with E-state index < -0.39 is 18.0 Å². The fraction of sp³-hybridized carbons (Fsp3) is 0.529. The molecule has 1 aliphatic heterocycles. The highest BCUT2D eigenvalue weighted by molar-refractivity contribution is 5.97. The minimum absolute atomic E-state index is 0.443. The Morgan fingerprint density at radius 2 is 1.92 bits per heavy atom. The van der Waals surface area contributed by atoms with Gasteiger partial charge in [-0.2, -0.15) is 0 Å². The zero-order chi connectivity index (χ0) is 17.7. The SMILES string of the molecule is CCN1CCN(c2ccc(N[C@@H](C)C(=O)NC(N)=O)c(C)c2)CC1. The number of nitrogens with two attached hydrogens (primary N) is 1. The van der Waals surface area contributed by atoms with Crippen LogP contribution in [0.1, 0.15) is 19.4 Å². The predicted octanol–water partition coefficient (Wildman–Crippen LogP) is 1.13. The fourth-order valence-electron chi connectivity index (χ4n) is 2.86. The van der Waals surface area contributed by atoms with E-state index in [0.717, 1.165) is 44.0 Å². The van der Waals surface area contributed by atoms with Gasteiger partial charge in [-0.25, -0.2) is 4.79 Å². The number of likely N-dealkylation sites (N-methyl/N-ethyl adjacent to an activating group) is 1. The first-order valence-corrected chi connectivity index (χ1v) is 8.35. The van der Waals surface area contributed by atoms with Gasteiger partial charge in [0.25, 0.3) is 0 Å². The quantitative estimate of drug-likeness (QED) is 0.751. The van der Waals surface area contributed by atoms with Gasteiger partial charge in [0.2, 0.25) is 5.91 Å². The number of imide groups is 1. The second-order valence-electron chi connectivity index (χ2n) is 6.14. The van der Waals surface area contributed by atoms with Crippen molar-refractivity contribution in [2.24, 2.45) is 5.73 Å². The Balaban J connectivity index is 1.99. The number of aryl methyl sites for hydroxylation is 1. The standard InChI is InChI=1S/C17H27N5O2/c1-4-21-7-9-22(10-8-21)14-5-6-15(12(2)11-14)19-13(3)16(23)20-17(18)24/h5-6,11,13,19H,4,7-10H2,1-3H3,(H3,18,20,23,24)/t13-/m0/s1. The Bertz CT molecular complexity index is 597. The lowest BCUT2D eigenvalue weighted by Gasteiger charge is -2.35. The Morgan fingerprint density at radius 1 is 1.25 bits per heavy atom. The van der Waals surface area contributed by atoms with Crippen LogP contribution in [0, 0.1) is 6.92 Å². The summed E-state index contributed by atoms with van der Waals surface area (Å²) in [4.78, 5) is 27.3. The maximum absolute atomic E-state index is 11.8. The Labute approximate surface area is 143 Å². The zero-order valence-electron chi connectivity index (χ0n) is 14.6. The van der Waals surface area contributed by atoms with Crippen molar-refractivity contribution in [3.8, 4) is 0 Å². The molecule has 24 heavy (non-hydrogen) atoms. The lowest BCUT2D eigenvalue weighted by atomic mass is 10.1. The largest absolute Gasteiger partial charge is 0.374 e. The van der Waals surface area contributed by atoms with Crippen LogP contribution in [0.25, 0.3) is 0 Å². The van der Waals surface area contributed by atoms with Gasteiger partial charge < -0.3 is 20.9 Å². The summed E-state index contributed by atoms with van der Waals surface area (Å²) >= 11 is 0. The molecule has 1 aromatic carbocycles. The number of hydrogen-bond acceptors (Lipinski definition) is 5. The van der Waals surface area contributed by atoms with Crippen LogP contribution in [0.5, 0.6) is 0 Å². The summed E-state index contributed by atoms with van der Waals surface area (Å²) in [5, 5.41) is 5.19. The van der Waals surface area contributed by atoms with E-state index in [1.807, 2.05) is 13.0 Å². The summed E-state index contributed by atoms with van der Waals surface area (Å²) in [6.07, 6.45) is 0. The van der Waals surface area contributed by atoms with Gasteiger partial charge in [0.05, 0.1) is 0 Å². The van der Waals surface area contributed by atoms with Crippen LogP contribution < -0.4 is 21.3 Å². The maximum Gasteiger partial charge on any atom is 0.318 e. The number of piperazine rings is 1. The number of nitrogens with zero attached hydrogens (tertiary/aromatic N) is 2. The van der Waals surface area contributed by atoms with Crippen LogP contribution in [-0.2, 0) is 4.79 Å². The molecule has 4 N–H and O–H groups in total. The average molecular weight is 333 g/mol. The predicted molar refractivity (Wildman–Crippen MR) is 96.3 cm³/mol. The topological polar surface area (TPSA) is 90.7 Å². The molecule has 3 amide bonds. The second kappa shape index (κ2) is 8.01. The molecule has 0 aliphatic carbocycles. The highest BCUT2D eigenvalue weighted by Crippen LogP contribution is 2.24. The molecule has 132 valence electrons. The van der Waals surface area contributed by atoms with E-state index >= 15 is 0 Å². The number of hydrogen-bond donors (Lipinski definition) is 3. The summed E-state index contributed by atoms with van der Waals surface area (Å²) in [6.45, 7) is 11.2. The molecule has 1 aromatic rings. The van der Waals surface area contributed by atoms with Crippen molar-refractivity contribution in [3.05, 3.63) is 23.8 Å². The van der Waals surface area contributed by atoms with Gasteiger partial charge in [-0.1, -0.05) is 6.92 Å². The van der Waals surface area contributed by atoms with Crippen molar-refractivity contribution in [1.82, 2.24) is 10.2 Å². The Hall–Kier alpha value is -2.28. The lowest BCUT2D eigenvalue weighted by Crippen LogP contribution is -2.46. The highest BCUT2D eigenvalue weighted by atomic mass is 16.2. The van der Waals surface area contributed by atoms with Gasteiger partial charge in [0, 0.05) is 37.6 Å². The monoisotopic (exact) mass is 333 g/mol. The molecule has 2 rings (SSSR count). The first-order valence-electron chi connectivity index (χ1n) is 8.35. The van der Waals surface area contributed by atoms with Crippen molar-refractivity contribution >= 4 is 23.3 Å². The summed E-state index contributed by atoms with van der Waals surface area (Å²) < 4.78 is 0. The minimum atomic E-state index is -0.841. The summed E-state index contributed by atoms with van der Waals surface area (Å²) in [5.41, 5.74) is 8.10. The molecule has 1 aliphatic rings. The van der Waals surface area contributed by atoms with Crippen molar-refractivity contribution in [3.63, 3.8) is 0 Å². The van der Waals surface area contributed by atoms with E-state index in [9.17, 15) is 9.59 Å². The second-order valence-corrected chi connectivity index (χ2v) is 6.14. The molecular weight excluding hydrogens is 306 g/mol. The Kier molecular flexibility index (Phi) is 6.03. The minimum Gasteiger partial charge on any atom is -0.374 e. The van der Waals surface area contributed by atoms with Gasteiger partial charge in [0.15, 0.2) is 0 Å². The zero-order valence-corrected chi connectivity index (χ0v) is 14.6. The molecule has 0 radical (unpaired) electrons. The van der Waals surface area contributed by atoms with E-state index in [-0.39, 0.29) is 0 Å². The average Bonchev–Trinajstić information content (AvgIpc) is 2.56. The van der Waals surface area contributed by atoms with Crippen molar-refractivity contribution < 1.29 is 9.59 Å². The van der Waals surface area contributed by atoms with Crippen LogP contribution in [0.2, 0.25) is 0 Å². The van der Waals surface area contributed by atoms with Crippen LogP contribution >= 0.6 is 0 Å². The number of urea groups is 1. The van der Waals surface area contributed by atoms with Crippen molar-refractivity contribution in [2.45, 2.75) is 26.8 Å². The van der Waals surface area contributed by atoms with Gasteiger partial charge in [-0.05, 0) is 44.2 Å². The summed E-state index contributed by atoms with van der Waals surface area (Å²) in [6, 6.07) is 4.78.